The zero-order valence-electron chi connectivity index (χ0n) is 15.7. The minimum atomic E-state index is -1.20. The average molecular weight is 344 g/mol. The molecule has 24 heavy (non-hydrogen) atoms. The van der Waals surface area contributed by atoms with E-state index in [1.54, 1.807) is 13.8 Å². The molecule has 0 aromatic rings. The van der Waals surface area contributed by atoms with Crippen LogP contribution in [0.25, 0.3) is 0 Å². The van der Waals surface area contributed by atoms with E-state index >= 15 is 0 Å². The van der Waals surface area contributed by atoms with Gasteiger partial charge >= 0.3 is 0 Å². The van der Waals surface area contributed by atoms with Gasteiger partial charge in [-0.15, -0.1) is 19.3 Å². The molecule has 0 radical (unpaired) electrons. The van der Waals surface area contributed by atoms with Gasteiger partial charge < -0.3 is 24.1 Å². The van der Waals surface area contributed by atoms with Crippen molar-refractivity contribution in [1.29, 1.82) is 0 Å². The Bertz CT molecular complexity index is 356. The lowest BCUT2D eigenvalue weighted by Gasteiger charge is -2.19. The van der Waals surface area contributed by atoms with Gasteiger partial charge in [-0.25, -0.2) is 0 Å². The second kappa shape index (κ2) is 17.9. The van der Waals surface area contributed by atoms with Crippen molar-refractivity contribution in [3.05, 3.63) is 0 Å². The number of aliphatic hydroxyl groups is 1. The van der Waals surface area contributed by atoms with Crippen molar-refractivity contribution < 1.29 is 28.8 Å². The highest BCUT2D eigenvalue weighted by Gasteiger charge is 2.17. The second-order valence-electron chi connectivity index (χ2n) is 4.79. The van der Waals surface area contributed by atoms with E-state index in [9.17, 15) is 9.90 Å². The number of ether oxygens (including phenoxy) is 4. The van der Waals surface area contributed by atoms with Gasteiger partial charge in [0.25, 0.3) is 0 Å². The van der Waals surface area contributed by atoms with E-state index in [-0.39, 0.29) is 31.6 Å². The molecule has 3 unspecified atom stereocenters. The van der Waals surface area contributed by atoms with Crippen molar-refractivity contribution in [2.24, 2.45) is 0 Å². The van der Waals surface area contributed by atoms with E-state index in [0.29, 0.717) is 13.2 Å². The van der Waals surface area contributed by atoms with Crippen LogP contribution in [0, 0.1) is 25.2 Å². The highest BCUT2D eigenvalue weighted by Crippen LogP contribution is 2.04. The van der Waals surface area contributed by atoms with Gasteiger partial charge in [0.15, 0.2) is 18.4 Å². The third-order valence-electron chi connectivity index (χ3n) is 2.23. The van der Waals surface area contributed by atoms with E-state index < -0.39 is 5.60 Å². The normalized spacial score (nSPS) is 14.5. The standard InChI is InChI=1S/C9H16O3.C7H14O3.C2H2/c1-5-9(4,10)7-12-8(3)11-6-2;1-4-9-7(3)10-5-6(2)8;1-2/h1,8,10H,6-7H2,2-4H3;7H,4-5H2,1-3H3;1-2H. The highest BCUT2D eigenvalue weighted by atomic mass is 16.7. The van der Waals surface area contributed by atoms with Gasteiger partial charge in [0, 0.05) is 13.2 Å². The summed E-state index contributed by atoms with van der Waals surface area (Å²) in [6, 6.07) is 0. The number of terminal acetylenes is 2. The smallest absolute Gasteiger partial charge is 0.155 e. The van der Waals surface area contributed by atoms with Crippen molar-refractivity contribution in [2.75, 3.05) is 26.4 Å². The van der Waals surface area contributed by atoms with Crippen LogP contribution in [0.2, 0.25) is 0 Å². The Morgan fingerprint density at radius 1 is 1.08 bits per heavy atom. The van der Waals surface area contributed by atoms with E-state index in [2.05, 4.69) is 18.8 Å². The monoisotopic (exact) mass is 344 g/mol. The molecule has 0 fully saturated rings. The Kier molecular flexibility index (Phi) is 20.5. The molecule has 0 amide bonds. The molecule has 0 rings (SSSR count). The number of hydrogen-bond donors (Lipinski definition) is 1. The third kappa shape index (κ3) is 22.9. The fourth-order valence-electron chi connectivity index (χ4n) is 1.12. The summed E-state index contributed by atoms with van der Waals surface area (Å²) in [5.41, 5.74) is -1.20. The summed E-state index contributed by atoms with van der Waals surface area (Å²) >= 11 is 0. The summed E-state index contributed by atoms with van der Waals surface area (Å²) in [5, 5.41) is 9.32. The van der Waals surface area contributed by atoms with Crippen molar-refractivity contribution in [1.82, 2.24) is 0 Å². The maximum absolute atomic E-state index is 10.4. The molecular weight excluding hydrogens is 312 g/mol. The average Bonchev–Trinajstić information content (AvgIpc) is 2.54. The molecule has 3 atom stereocenters. The van der Waals surface area contributed by atoms with Crippen molar-refractivity contribution >= 4 is 5.78 Å². The summed E-state index contributed by atoms with van der Waals surface area (Å²) in [5.74, 6) is 2.23. The van der Waals surface area contributed by atoms with Gasteiger partial charge in [0.05, 0.1) is 6.61 Å². The summed E-state index contributed by atoms with van der Waals surface area (Å²) in [6.45, 7) is 11.7. The molecule has 0 aromatic carbocycles. The molecule has 140 valence electrons. The topological polar surface area (TPSA) is 74.2 Å². The molecule has 0 aliphatic carbocycles. The van der Waals surface area contributed by atoms with Gasteiger partial charge in [-0.05, 0) is 41.5 Å². The summed E-state index contributed by atoms with van der Waals surface area (Å²) in [4.78, 5) is 10.4. The molecule has 6 heteroatoms. The van der Waals surface area contributed by atoms with E-state index in [4.69, 9.17) is 25.4 Å². The zero-order chi connectivity index (χ0) is 19.6. The first-order valence-electron chi connectivity index (χ1n) is 7.67. The summed E-state index contributed by atoms with van der Waals surface area (Å²) in [7, 11) is 0. The van der Waals surface area contributed by atoms with E-state index in [0.717, 1.165) is 0 Å². The molecule has 0 heterocycles. The van der Waals surface area contributed by atoms with Crippen LogP contribution in [0.1, 0.15) is 41.5 Å². The van der Waals surface area contributed by atoms with Gasteiger partial charge in [0.1, 0.15) is 12.2 Å². The van der Waals surface area contributed by atoms with Crippen LogP contribution in [0.15, 0.2) is 0 Å². The van der Waals surface area contributed by atoms with Crippen LogP contribution >= 0.6 is 0 Å². The van der Waals surface area contributed by atoms with Crippen molar-refractivity contribution in [3.63, 3.8) is 0 Å². The van der Waals surface area contributed by atoms with Crippen LogP contribution in [-0.2, 0) is 23.7 Å². The fraction of sp³-hybridized carbons (Fsp3) is 0.722. The summed E-state index contributed by atoms with van der Waals surface area (Å²) in [6.07, 6.45) is 12.5. The van der Waals surface area contributed by atoms with E-state index in [1.807, 2.05) is 13.8 Å². The van der Waals surface area contributed by atoms with Gasteiger partial charge in [0.2, 0.25) is 0 Å². The van der Waals surface area contributed by atoms with Gasteiger partial charge in [-0.2, -0.15) is 0 Å². The number of rotatable bonds is 10. The Labute approximate surface area is 146 Å². The van der Waals surface area contributed by atoms with Gasteiger partial charge in [-0.1, -0.05) is 5.92 Å². The van der Waals surface area contributed by atoms with Crippen molar-refractivity contribution in [3.8, 4) is 25.2 Å². The Hall–Kier alpha value is -1.41. The third-order valence-corrected chi connectivity index (χ3v) is 2.23. The maximum Gasteiger partial charge on any atom is 0.155 e. The van der Waals surface area contributed by atoms with Crippen molar-refractivity contribution in [2.45, 2.75) is 59.7 Å². The van der Waals surface area contributed by atoms with Crippen LogP contribution in [0.4, 0.5) is 0 Å². The largest absolute Gasteiger partial charge is 0.375 e. The number of carbonyl (C=O) groups excluding carboxylic acids is 1. The second-order valence-corrected chi connectivity index (χ2v) is 4.79. The molecule has 0 aliphatic heterocycles. The molecule has 0 spiro atoms. The zero-order valence-corrected chi connectivity index (χ0v) is 15.7. The number of ketones is 1. The van der Waals surface area contributed by atoms with Crippen LogP contribution in [0.3, 0.4) is 0 Å². The number of Topliss-reactive ketones (excluding diaryl/α,β-unsaturated/α-hetero) is 1. The van der Waals surface area contributed by atoms with Crippen LogP contribution < -0.4 is 0 Å². The lowest BCUT2D eigenvalue weighted by atomic mass is 10.1. The van der Waals surface area contributed by atoms with Gasteiger partial charge in [-0.3, -0.25) is 4.79 Å². The van der Waals surface area contributed by atoms with E-state index in [1.165, 1.54) is 13.8 Å². The predicted molar refractivity (Wildman–Crippen MR) is 94.1 cm³/mol. The molecule has 1 N–H and O–H groups in total. The predicted octanol–water partition coefficient (Wildman–Crippen LogP) is 1.99. The maximum atomic E-state index is 10.4. The first-order chi connectivity index (χ1) is 11.2. The molecule has 0 saturated heterocycles. The Balaban J connectivity index is -0.000000337. The SMILES string of the molecule is C#C.C#CC(C)(O)COC(C)OCC.CCOC(C)OCC(C)=O. The number of hydrogen-bond acceptors (Lipinski definition) is 6. The molecular formula is C18H32O6. The lowest BCUT2D eigenvalue weighted by Crippen LogP contribution is -2.31. The quantitative estimate of drug-likeness (QED) is 0.483. The van der Waals surface area contributed by atoms with Crippen LogP contribution in [0.5, 0.6) is 0 Å². The highest BCUT2D eigenvalue weighted by molar-refractivity contribution is 5.76. The number of carbonyl (C=O) groups is 1. The molecule has 0 saturated carbocycles. The minimum absolute atomic E-state index is 0.0200. The van der Waals surface area contributed by atoms with Crippen LogP contribution in [-0.4, -0.2) is 55.5 Å². The lowest BCUT2D eigenvalue weighted by molar-refractivity contribution is -0.151. The fourth-order valence-corrected chi connectivity index (χ4v) is 1.12. The molecule has 0 bridgehead atoms. The Morgan fingerprint density at radius 3 is 1.83 bits per heavy atom. The first-order valence-corrected chi connectivity index (χ1v) is 7.67. The molecule has 0 aromatic heterocycles. The molecule has 6 nitrogen and oxygen atoms in total. The first kappa shape index (κ1) is 27.4. The summed E-state index contributed by atoms with van der Waals surface area (Å²) < 4.78 is 20.2. The molecule has 0 aliphatic rings. The Morgan fingerprint density at radius 2 is 1.50 bits per heavy atom. The minimum Gasteiger partial charge on any atom is -0.375 e.